The minimum Gasteiger partial charge on any atom is -0.394 e. The highest BCUT2D eigenvalue weighted by atomic mass is 16.5. The Hall–Kier alpha value is -1.99. The first-order valence-corrected chi connectivity index (χ1v) is 6.43. The van der Waals surface area contributed by atoms with Gasteiger partial charge in [-0.05, 0) is 25.1 Å². The molecule has 2 aromatic rings. The monoisotopic (exact) mass is 278 g/mol. The number of fused-ring (bicyclic) bond motifs is 1. The normalized spacial score (nSPS) is 12.6. The number of amides is 1. The van der Waals surface area contributed by atoms with Gasteiger partial charge in [0.15, 0.2) is 0 Å². The second-order valence-corrected chi connectivity index (χ2v) is 4.42. The highest BCUT2D eigenvalue weighted by Crippen LogP contribution is 2.13. The number of aryl methyl sites for hydroxylation is 1. The predicted molar refractivity (Wildman–Crippen MR) is 73.4 cm³/mol. The van der Waals surface area contributed by atoms with E-state index >= 15 is 0 Å². The van der Waals surface area contributed by atoms with E-state index < -0.39 is 6.04 Å². The molecule has 0 fully saturated rings. The average Bonchev–Trinajstić information content (AvgIpc) is 2.88. The fourth-order valence-corrected chi connectivity index (χ4v) is 1.96. The van der Waals surface area contributed by atoms with E-state index in [1.165, 1.54) is 7.11 Å². The zero-order chi connectivity index (χ0) is 14.5. The van der Waals surface area contributed by atoms with E-state index in [-0.39, 0.29) is 19.1 Å². The maximum atomic E-state index is 12.1. The van der Waals surface area contributed by atoms with Gasteiger partial charge in [0.2, 0.25) is 0 Å². The standard InChI is InChI=1S/C13H18N4O3/c1-3-17-12-5-4-9(6-11(12)15-16-17)13(19)14-10(7-18)8-20-2/h4-6,10,18H,3,7-8H2,1-2H3,(H,14,19). The second kappa shape index (κ2) is 6.44. The summed E-state index contributed by atoms with van der Waals surface area (Å²) in [5, 5.41) is 19.9. The lowest BCUT2D eigenvalue weighted by Crippen LogP contribution is -2.40. The molecule has 108 valence electrons. The van der Waals surface area contributed by atoms with Crippen molar-refractivity contribution in [2.45, 2.75) is 19.5 Å². The van der Waals surface area contributed by atoms with Crippen molar-refractivity contribution in [2.24, 2.45) is 0 Å². The summed E-state index contributed by atoms with van der Waals surface area (Å²) in [7, 11) is 1.52. The molecule has 1 aromatic heterocycles. The average molecular weight is 278 g/mol. The van der Waals surface area contributed by atoms with Gasteiger partial charge in [-0.1, -0.05) is 5.21 Å². The molecule has 1 aromatic carbocycles. The molecule has 0 aliphatic rings. The van der Waals surface area contributed by atoms with Gasteiger partial charge in [-0.15, -0.1) is 5.10 Å². The number of methoxy groups -OCH3 is 1. The maximum Gasteiger partial charge on any atom is 0.251 e. The highest BCUT2D eigenvalue weighted by Gasteiger charge is 2.14. The van der Waals surface area contributed by atoms with E-state index in [1.54, 1.807) is 16.8 Å². The number of benzene rings is 1. The molecule has 2 rings (SSSR count). The predicted octanol–water partition coefficient (Wildman–Crippen LogP) is 0.188. The third-order valence-electron chi connectivity index (χ3n) is 3.00. The van der Waals surface area contributed by atoms with Gasteiger partial charge < -0.3 is 15.2 Å². The smallest absolute Gasteiger partial charge is 0.251 e. The number of hydrogen-bond donors (Lipinski definition) is 2. The molecular formula is C13H18N4O3. The van der Waals surface area contributed by atoms with Crippen LogP contribution in [-0.4, -0.2) is 52.4 Å². The zero-order valence-electron chi connectivity index (χ0n) is 11.5. The molecule has 0 saturated heterocycles. The molecule has 7 heteroatoms. The van der Waals surface area contributed by atoms with Crippen LogP contribution < -0.4 is 5.32 Å². The van der Waals surface area contributed by atoms with Crippen molar-refractivity contribution in [3.05, 3.63) is 23.8 Å². The Morgan fingerprint density at radius 1 is 1.55 bits per heavy atom. The van der Waals surface area contributed by atoms with Crippen molar-refractivity contribution in [1.29, 1.82) is 0 Å². The third kappa shape index (κ3) is 2.94. The quantitative estimate of drug-likeness (QED) is 0.787. The van der Waals surface area contributed by atoms with Crippen LogP contribution in [0.5, 0.6) is 0 Å². The first-order valence-electron chi connectivity index (χ1n) is 6.43. The number of aromatic nitrogens is 3. The minimum absolute atomic E-state index is 0.173. The molecule has 1 heterocycles. The third-order valence-corrected chi connectivity index (χ3v) is 3.00. The first kappa shape index (κ1) is 14.4. The summed E-state index contributed by atoms with van der Waals surface area (Å²) in [6.07, 6.45) is 0. The van der Waals surface area contributed by atoms with Gasteiger partial charge in [-0.25, -0.2) is 4.68 Å². The van der Waals surface area contributed by atoms with Crippen LogP contribution in [0.25, 0.3) is 11.0 Å². The van der Waals surface area contributed by atoms with E-state index in [0.29, 0.717) is 11.1 Å². The van der Waals surface area contributed by atoms with Crippen LogP contribution in [0, 0.1) is 0 Å². The molecule has 1 atom stereocenters. The van der Waals surface area contributed by atoms with E-state index in [4.69, 9.17) is 9.84 Å². The molecule has 1 unspecified atom stereocenters. The highest BCUT2D eigenvalue weighted by molar-refractivity contribution is 5.97. The number of aliphatic hydroxyl groups excluding tert-OH is 1. The molecule has 1 amide bonds. The SMILES string of the molecule is CCn1nnc2cc(C(=O)NC(CO)COC)ccc21. The van der Waals surface area contributed by atoms with Gasteiger partial charge >= 0.3 is 0 Å². The second-order valence-electron chi connectivity index (χ2n) is 4.42. The van der Waals surface area contributed by atoms with Gasteiger partial charge in [0.25, 0.3) is 5.91 Å². The van der Waals surface area contributed by atoms with Gasteiger partial charge in [0, 0.05) is 19.2 Å². The van der Waals surface area contributed by atoms with Crippen molar-refractivity contribution >= 4 is 16.9 Å². The van der Waals surface area contributed by atoms with E-state index in [1.807, 2.05) is 13.0 Å². The van der Waals surface area contributed by atoms with Crippen LogP contribution in [0.15, 0.2) is 18.2 Å². The lowest BCUT2D eigenvalue weighted by atomic mass is 10.1. The fraction of sp³-hybridized carbons (Fsp3) is 0.462. The number of ether oxygens (including phenoxy) is 1. The molecule has 0 radical (unpaired) electrons. The molecule has 0 bridgehead atoms. The van der Waals surface area contributed by atoms with Gasteiger partial charge in [-0.2, -0.15) is 0 Å². The Kier molecular flexibility index (Phi) is 4.65. The number of carbonyl (C=O) groups is 1. The molecule has 2 N–H and O–H groups in total. The van der Waals surface area contributed by atoms with Crippen molar-refractivity contribution < 1.29 is 14.6 Å². The topological polar surface area (TPSA) is 89.3 Å². The minimum atomic E-state index is -0.422. The Balaban J connectivity index is 2.18. The van der Waals surface area contributed by atoms with Crippen LogP contribution in [0.1, 0.15) is 17.3 Å². The van der Waals surface area contributed by atoms with Crippen molar-refractivity contribution in [2.75, 3.05) is 20.3 Å². The van der Waals surface area contributed by atoms with Gasteiger partial charge in [0.1, 0.15) is 5.52 Å². The van der Waals surface area contributed by atoms with Crippen LogP contribution in [0.3, 0.4) is 0 Å². The van der Waals surface area contributed by atoms with E-state index in [9.17, 15) is 4.79 Å². The molecule has 7 nitrogen and oxygen atoms in total. The number of hydrogen-bond acceptors (Lipinski definition) is 5. The molecular weight excluding hydrogens is 260 g/mol. The molecule has 0 aliphatic heterocycles. The molecule has 0 saturated carbocycles. The first-order chi connectivity index (χ1) is 9.69. The molecule has 20 heavy (non-hydrogen) atoms. The largest absolute Gasteiger partial charge is 0.394 e. The maximum absolute atomic E-state index is 12.1. The number of nitrogens with zero attached hydrogens (tertiary/aromatic N) is 3. The summed E-state index contributed by atoms with van der Waals surface area (Å²) in [6, 6.07) is 4.80. The number of aliphatic hydroxyl groups is 1. The van der Waals surface area contributed by atoms with Gasteiger partial charge in [0.05, 0.1) is 24.8 Å². The van der Waals surface area contributed by atoms with Crippen molar-refractivity contribution in [3.8, 4) is 0 Å². The molecule has 0 spiro atoms. The Morgan fingerprint density at radius 2 is 2.35 bits per heavy atom. The van der Waals surface area contributed by atoms with Gasteiger partial charge in [-0.3, -0.25) is 4.79 Å². The van der Waals surface area contributed by atoms with Crippen LogP contribution in [0.2, 0.25) is 0 Å². The number of carbonyl (C=O) groups excluding carboxylic acids is 1. The summed E-state index contributed by atoms with van der Waals surface area (Å²) < 4.78 is 6.68. The van der Waals surface area contributed by atoms with E-state index in [2.05, 4.69) is 15.6 Å². The summed E-state index contributed by atoms with van der Waals surface area (Å²) in [4.78, 5) is 12.1. The van der Waals surface area contributed by atoms with Crippen molar-refractivity contribution in [1.82, 2.24) is 20.3 Å². The van der Waals surface area contributed by atoms with Crippen molar-refractivity contribution in [3.63, 3.8) is 0 Å². The van der Waals surface area contributed by atoms with Crippen LogP contribution in [0.4, 0.5) is 0 Å². The zero-order valence-corrected chi connectivity index (χ0v) is 11.5. The van der Waals surface area contributed by atoms with E-state index in [0.717, 1.165) is 12.1 Å². The number of rotatable bonds is 6. The summed E-state index contributed by atoms with van der Waals surface area (Å²) in [6.45, 7) is 2.79. The summed E-state index contributed by atoms with van der Waals surface area (Å²) >= 11 is 0. The lowest BCUT2D eigenvalue weighted by molar-refractivity contribution is 0.0840. The lowest BCUT2D eigenvalue weighted by Gasteiger charge is -2.15. The Morgan fingerprint density at radius 3 is 3.00 bits per heavy atom. The molecule has 0 aliphatic carbocycles. The number of nitrogens with one attached hydrogen (secondary N) is 1. The Labute approximate surface area is 116 Å². The summed E-state index contributed by atoms with van der Waals surface area (Å²) in [5.41, 5.74) is 2.04. The Bertz CT molecular complexity index is 596. The fourth-order valence-electron chi connectivity index (χ4n) is 1.96. The van der Waals surface area contributed by atoms with Crippen LogP contribution >= 0.6 is 0 Å². The summed E-state index contributed by atoms with van der Waals surface area (Å²) in [5.74, 6) is -0.269. The van der Waals surface area contributed by atoms with Crippen LogP contribution in [-0.2, 0) is 11.3 Å².